The van der Waals surface area contributed by atoms with Gasteiger partial charge in [0.1, 0.15) is 6.04 Å². The second-order valence-electron chi connectivity index (χ2n) is 3.64. The molecule has 0 aromatic rings. The number of rotatable bonds is 8. The quantitative estimate of drug-likeness (QED) is 0.562. The van der Waals surface area contributed by atoms with E-state index in [0.717, 1.165) is 4.31 Å². The number of carboxylic acid groups (broad SMARTS) is 1. The van der Waals surface area contributed by atoms with Crippen LogP contribution in [0.15, 0.2) is 0 Å². The van der Waals surface area contributed by atoms with Gasteiger partial charge in [-0.15, -0.1) is 0 Å². The maximum Gasteiger partial charge on any atom is 0.321 e. The molecular weight excluding hydrogens is 264 g/mol. The highest BCUT2D eigenvalue weighted by Gasteiger charge is 2.26. The number of ether oxygens (including phenoxy) is 1. The molecule has 0 saturated carbocycles. The molecule has 2 N–H and O–H groups in total. The van der Waals surface area contributed by atoms with Crippen LogP contribution in [0.5, 0.6) is 0 Å². The largest absolute Gasteiger partial charge is 0.480 e. The first-order valence-corrected chi connectivity index (χ1v) is 6.73. The Hall–Kier alpha value is -1.19. The van der Waals surface area contributed by atoms with E-state index in [1.807, 2.05) is 4.72 Å². The molecule has 0 rings (SSSR count). The molecule has 0 unspecified atom stereocenters. The second-order valence-corrected chi connectivity index (χ2v) is 5.56. The van der Waals surface area contributed by atoms with E-state index in [2.05, 4.69) is 4.74 Å². The summed E-state index contributed by atoms with van der Waals surface area (Å²) >= 11 is 0. The van der Waals surface area contributed by atoms with Crippen LogP contribution in [0, 0.1) is 0 Å². The maximum atomic E-state index is 11.5. The van der Waals surface area contributed by atoms with E-state index in [9.17, 15) is 18.0 Å². The fraction of sp³-hybridized carbons (Fsp3) is 0.778. The average Bonchev–Trinajstić information content (AvgIpc) is 2.23. The van der Waals surface area contributed by atoms with Gasteiger partial charge in [-0.2, -0.15) is 17.4 Å². The third kappa shape index (κ3) is 5.94. The molecule has 8 nitrogen and oxygen atoms in total. The monoisotopic (exact) mass is 282 g/mol. The molecule has 0 radical (unpaired) electrons. The molecule has 0 aromatic heterocycles. The number of esters is 1. The summed E-state index contributed by atoms with van der Waals surface area (Å²) in [6.45, 7) is 1.82. The Morgan fingerprint density at radius 2 is 1.94 bits per heavy atom. The number of carbonyl (C=O) groups is 2. The van der Waals surface area contributed by atoms with E-state index in [-0.39, 0.29) is 19.4 Å². The smallest absolute Gasteiger partial charge is 0.321 e. The topological polar surface area (TPSA) is 113 Å². The Labute approximate surface area is 106 Å². The van der Waals surface area contributed by atoms with E-state index < -0.39 is 28.2 Å². The van der Waals surface area contributed by atoms with E-state index in [1.165, 1.54) is 14.1 Å². The molecule has 0 spiro atoms. The van der Waals surface area contributed by atoms with Crippen LogP contribution >= 0.6 is 0 Å². The van der Waals surface area contributed by atoms with Crippen molar-refractivity contribution in [1.29, 1.82) is 0 Å². The van der Waals surface area contributed by atoms with E-state index in [4.69, 9.17) is 5.11 Å². The third-order valence-corrected chi connectivity index (χ3v) is 3.56. The van der Waals surface area contributed by atoms with Crippen molar-refractivity contribution >= 4 is 22.1 Å². The molecule has 0 aliphatic heterocycles. The molecule has 0 saturated heterocycles. The average molecular weight is 282 g/mol. The van der Waals surface area contributed by atoms with E-state index in [1.54, 1.807) is 6.92 Å². The van der Waals surface area contributed by atoms with Gasteiger partial charge in [0, 0.05) is 20.5 Å². The molecule has 0 aliphatic rings. The number of hydrogen-bond acceptors (Lipinski definition) is 5. The fourth-order valence-corrected chi connectivity index (χ4v) is 1.80. The van der Waals surface area contributed by atoms with Crippen molar-refractivity contribution in [2.24, 2.45) is 0 Å². The zero-order valence-electron chi connectivity index (χ0n) is 10.5. The Balaban J connectivity index is 4.52. The van der Waals surface area contributed by atoms with Gasteiger partial charge >= 0.3 is 11.9 Å². The van der Waals surface area contributed by atoms with Crippen molar-refractivity contribution in [1.82, 2.24) is 9.03 Å². The summed E-state index contributed by atoms with van der Waals surface area (Å²) in [6, 6.07) is -1.36. The lowest BCUT2D eigenvalue weighted by Crippen LogP contribution is -2.46. The molecule has 0 heterocycles. The number of nitrogens with one attached hydrogen (secondary N) is 1. The molecule has 0 fully saturated rings. The lowest BCUT2D eigenvalue weighted by atomic mass is 10.2. The highest BCUT2D eigenvalue weighted by molar-refractivity contribution is 7.87. The minimum Gasteiger partial charge on any atom is -0.480 e. The first-order chi connectivity index (χ1) is 8.20. The molecule has 0 bridgehead atoms. The van der Waals surface area contributed by atoms with Crippen LogP contribution < -0.4 is 4.72 Å². The van der Waals surface area contributed by atoms with Gasteiger partial charge in [-0.25, -0.2) is 0 Å². The molecule has 1 atom stereocenters. The van der Waals surface area contributed by atoms with Crippen molar-refractivity contribution < 1.29 is 27.9 Å². The molecule has 9 heteroatoms. The second kappa shape index (κ2) is 7.29. The van der Waals surface area contributed by atoms with Crippen LogP contribution in [0.3, 0.4) is 0 Å². The third-order valence-electron chi connectivity index (χ3n) is 2.01. The SMILES string of the molecule is CCOC(=O)CC[C@H](NS(=O)(=O)N(C)C)C(=O)O. The van der Waals surface area contributed by atoms with Crippen molar-refractivity contribution in [3.63, 3.8) is 0 Å². The van der Waals surface area contributed by atoms with Crippen molar-refractivity contribution in [2.75, 3.05) is 20.7 Å². The van der Waals surface area contributed by atoms with Crippen LogP contribution in [0.2, 0.25) is 0 Å². The summed E-state index contributed by atoms with van der Waals surface area (Å²) < 4.78 is 30.4. The number of carbonyl (C=O) groups excluding carboxylic acids is 1. The van der Waals surface area contributed by atoms with Crippen LogP contribution in [0.1, 0.15) is 19.8 Å². The highest BCUT2D eigenvalue weighted by atomic mass is 32.2. The van der Waals surface area contributed by atoms with Gasteiger partial charge in [0.05, 0.1) is 6.61 Å². The van der Waals surface area contributed by atoms with Crippen molar-refractivity contribution in [3.05, 3.63) is 0 Å². The van der Waals surface area contributed by atoms with Crippen LogP contribution in [0.25, 0.3) is 0 Å². The fourth-order valence-electron chi connectivity index (χ4n) is 1.01. The summed E-state index contributed by atoms with van der Waals surface area (Å²) in [5, 5.41) is 8.86. The van der Waals surface area contributed by atoms with Gasteiger partial charge in [-0.3, -0.25) is 9.59 Å². The molecule has 106 valence electrons. The number of hydrogen-bond donors (Lipinski definition) is 2. The Bertz CT molecular complexity index is 392. The van der Waals surface area contributed by atoms with Crippen molar-refractivity contribution in [3.8, 4) is 0 Å². The Morgan fingerprint density at radius 3 is 2.33 bits per heavy atom. The van der Waals surface area contributed by atoms with Gasteiger partial charge in [0.15, 0.2) is 0 Å². The zero-order chi connectivity index (χ0) is 14.3. The van der Waals surface area contributed by atoms with Gasteiger partial charge < -0.3 is 9.84 Å². The Morgan fingerprint density at radius 1 is 1.39 bits per heavy atom. The number of carboxylic acids is 1. The summed E-state index contributed by atoms with van der Waals surface area (Å²) in [5.41, 5.74) is 0. The minimum atomic E-state index is -3.85. The molecule has 0 amide bonds. The molecule has 0 aromatic carbocycles. The normalized spacial score (nSPS) is 13.3. The summed E-state index contributed by atoms with van der Waals surface area (Å²) in [6.07, 6.45) is -0.331. The molecular formula is C9H18N2O6S. The van der Waals surface area contributed by atoms with Crippen LogP contribution in [-0.2, 0) is 24.5 Å². The van der Waals surface area contributed by atoms with Crippen molar-refractivity contribution in [2.45, 2.75) is 25.8 Å². The van der Waals surface area contributed by atoms with Gasteiger partial charge in [0.2, 0.25) is 0 Å². The Kier molecular flexibility index (Phi) is 6.81. The zero-order valence-corrected chi connectivity index (χ0v) is 11.4. The lowest BCUT2D eigenvalue weighted by Gasteiger charge is -2.17. The highest BCUT2D eigenvalue weighted by Crippen LogP contribution is 2.03. The predicted octanol–water partition coefficient (Wildman–Crippen LogP) is -0.821. The van der Waals surface area contributed by atoms with Crippen LogP contribution in [0.4, 0.5) is 0 Å². The van der Waals surface area contributed by atoms with Gasteiger partial charge in [0.25, 0.3) is 10.2 Å². The standard InChI is InChI=1S/C9H18N2O6S/c1-4-17-8(12)6-5-7(9(13)14)10-18(15,16)11(2)3/h7,10H,4-6H2,1-3H3,(H,13,14)/t7-/m0/s1. The van der Waals surface area contributed by atoms with Gasteiger partial charge in [-0.1, -0.05) is 0 Å². The lowest BCUT2D eigenvalue weighted by molar-refractivity contribution is -0.144. The first kappa shape index (κ1) is 16.8. The first-order valence-electron chi connectivity index (χ1n) is 5.29. The number of aliphatic carboxylic acids is 1. The summed E-state index contributed by atoms with van der Waals surface area (Å²) in [7, 11) is -1.31. The van der Waals surface area contributed by atoms with E-state index >= 15 is 0 Å². The van der Waals surface area contributed by atoms with Crippen LogP contribution in [-0.4, -0.2) is 56.5 Å². The minimum absolute atomic E-state index is 0.165. The number of nitrogens with zero attached hydrogens (tertiary/aromatic N) is 1. The maximum absolute atomic E-state index is 11.5. The summed E-state index contributed by atoms with van der Waals surface area (Å²) in [4.78, 5) is 21.9. The van der Waals surface area contributed by atoms with E-state index in [0.29, 0.717) is 0 Å². The van der Waals surface area contributed by atoms with Gasteiger partial charge in [-0.05, 0) is 13.3 Å². The molecule has 0 aliphatic carbocycles. The predicted molar refractivity (Wildman–Crippen MR) is 63.0 cm³/mol. The molecule has 18 heavy (non-hydrogen) atoms. The summed E-state index contributed by atoms with van der Waals surface area (Å²) in [5.74, 6) is -1.91.